The molecule has 5 nitrogen and oxygen atoms in total. The van der Waals surface area contributed by atoms with Gasteiger partial charge in [0.25, 0.3) is 5.69 Å². The molecule has 0 aliphatic carbocycles. The van der Waals surface area contributed by atoms with Crippen molar-refractivity contribution in [2.45, 2.75) is 19.4 Å². The van der Waals surface area contributed by atoms with Gasteiger partial charge in [0.05, 0.1) is 9.95 Å². The molecule has 0 radical (unpaired) electrons. The zero-order valence-corrected chi connectivity index (χ0v) is 11.1. The summed E-state index contributed by atoms with van der Waals surface area (Å²) in [4.78, 5) is 10.1. The molecule has 1 atom stereocenters. The highest BCUT2D eigenvalue weighted by Crippen LogP contribution is 2.32. The second-order valence-electron chi connectivity index (χ2n) is 4.37. The average molecular weight is 281 g/mol. The van der Waals surface area contributed by atoms with E-state index in [0.29, 0.717) is 17.7 Å². The Kier molecular flexibility index (Phi) is 3.87. The molecule has 0 saturated heterocycles. The van der Waals surface area contributed by atoms with Crippen LogP contribution in [0.25, 0.3) is 11.3 Å². The third-order valence-corrected chi connectivity index (χ3v) is 2.93. The molecule has 2 rings (SSSR count). The number of benzene rings is 1. The van der Waals surface area contributed by atoms with Crippen LogP contribution < -0.4 is 5.73 Å². The molecule has 0 aliphatic heterocycles. The summed E-state index contributed by atoms with van der Waals surface area (Å²) in [6, 6.07) is 7.90. The molecule has 1 aromatic carbocycles. The number of halogens is 1. The molecule has 1 aromatic heterocycles. The van der Waals surface area contributed by atoms with Crippen LogP contribution in [0.3, 0.4) is 0 Å². The number of rotatable bonds is 4. The van der Waals surface area contributed by atoms with Gasteiger partial charge >= 0.3 is 0 Å². The summed E-state index contributed by atoms with van der Waals surface area (Å²) in [6.07, 6.45) is 0.630. The zero-order valence-electron chi connectivity index (χ0n) is 10.3. The van der Waals surface area contributed by atoms with Crippen molar-refractivity contribution in [2.24, 2.45) is 5.73 Å². The summed E-state index contributed by atoms with van der Waals surface area (Å²) >= 11 is 6.03. The van der Waals surface area contributed by atoms with Crippen molar-refractivity contribution in [1.29, 1.82) is 0 Å². The molecular formula is C13H13ClN2O3. The number of nitrogens with two attached hydrogens (primary N) is 1. The lowest BCUT2D eigenvalue weighted by Crippen LogP contribution is -2.17. The third kappa shape index (κ3) is 3.13. The van der Waals surface area contributed by atoms with Gasteiger partial charge in [-0.15, -0.1) is 0 Å². The van der Waals surface area contributed by atoms with Gasteiger partial charge in [0.15, 0.2) is 0 Å². The minimum Gasteiger partial charge on any atom is -0.461 e. The normalized spacial score (nSPS) is 12.4. The Balaban J connectivity index is 2.31. The molecule has 2 aromatic rings. The fraction of sp³-hybridized carbons (Fsp3) is 0.231. The van der Waals surface area contributed by atoms with Crippen molar-refractivity contribution in [3.05, 3.63) is 51.2 Å². The Labute approximate surface area is 115 Å². The van der Waals surface area contributed by atoms with Crippen molar-refractivity contribution < 1.29 is 9.34 Å². The first-order chi connectivity index (χ1) is 8.97. The van der Waals surface area contributed by atoms with Crippen molar-refractivity contribution in [3.8, 4) is 11.3 Å². The van der Waals surface area contributed by atoms with E-state index in [2.05, 4.69) is 0 Å². The lowest BCUT2D eigenvalue weighted by atomic mass is 10.1. The lowest BCUT2D eigenvalue weighted by molar-refractivity contribution is -0.384. The van der Waals surface area contributed by atoms with Gasteiger partial charge < -0.3 is 10.2 Å². The predicted octanol–water partition coefficient (Wildman–Crippen LogP) is 3.40. The standard InChI is InChI=1S/C13H13ClN2O3/c1-8(15)6-10-3-5-13(19-10)11-4-2-9(16(17)18)7-12(11)14/h2-5,7-8H,6,15H2,1H3. The summed E-state index contributed by atoms with van der Waals surface area (Å²) in [5.41, 5.74) is 6.28. The second kappa shape index (κ2) is 5.42. The molecular weight excluding hydrogens is 268 g/mol. The van der Waals surface area contributed by atoms with Crippen molar-refractivity contribution >= 4 is 17.3 Å². The molecule has 1 heterocycles. The van der Waals surface area contributed by atoms with E-state index in [9.17, 15) is 10.1 Å². The first-order valence-corrected chi connectivity index (χ1v) is 6.14. The molecule has 0 aliphatic rings. The van der Waals surface area contributed by atoms with Crippen LogP contribution in [0.1, 0.15) is 12.7 Å². The monoisotopic (exact) mass is 280 g/mol. The number of furan rings is 1. The second-order valence-corrected chi connectivity index (χ2v) is 4.78. The number of non-ortho nitro benzene ring substituents is 1. The van der Waals surface area contributed by atoms with Crippen LogP contribution in [0.4, 0.5) is 5.69 Å². The van der Waals surface area contributed by atoms with E-state index in [0.717, 1.165) is 5.76 Å². The van der Waals surface area contributed by atoms with Gasteiger partial charge in [-0.05, 0) is 25.1 Å². The number of nitro benzene ring substituents is 1. The molecule has 0 amide bonds. The van der Waals surface area contributed by atoms with E-state index < -0.39 is 4.92 Å². The number of hydrogen-bond acceptors (Lipinski definition) is 4. The summed E-state index contributed by atoms with van der Waals surface area (Å²) in [6.45, 7) is 1.89. The first kappa shape index (κ1) is 13.6. The quantitative estimate of drug-likeness (QED) is 0.687. The molecule has 19 heavy (non-hydrogen) atoms. The van der Waals surface area contributed by atoms with Gasteiger partial charge in [-0.1, -0.05) is 11.6 Å². The molecule has 0 bridgehead atoms. The minimum absolute atomic E-state index is 0.00586. The van der Waals surface area contributed by atoms with Gasteiger partial charge in [0, 0.05) is 30.2 Å². The molecule has 1 unspecified atom stereocenters. The van der Waals surface area contributed by atoms with Crippen LogP contribution in [0, 0.1) is 10.1 Å². The molecule has 0 fully saturated rings. The van der Waals surface area contributed by atoms with Gasteiger partial charge in [0.1, 0.15) is 11.5 Å². The van der Waals surface area contributed by atoms with Crippen molar-refractivity contribution in [3.63, 3.8) is 0 Å². The van der Waals surface area contributed by atoms with Crippen LogP contribution in [-0.4, -0.2) is 11.0 Å². The summed E-state index contributed by atoms with van der Waals surface area (Å²) in [5.74, 6) is 1.34. The van der Waals surface area contributed by atoms with Crippen LogP contribution >= 0.6 is 11.6 Å². The number of hydrogen-bond donors (Lipinski definition) is 1. The van der Waals surface area contributed by atoms with Crippen LogP contribution in [0.5, 0.6) is 0 Å². The van der Waals surface area contributed by atoms with Crippen molar-refractivity contribution in [1.82, 2.24) is 0 Å². The maximum Gasteiger partial charge on any atom is 0.270 e. The van der Waals surface area contributed by atoms with E-state index in [1.807, 2.05) is 13.0 Å². The Morgan fingerprint density at radius 1 is 1.42 bits per heavy atom. The van der Waals surface area contributed by atoms with Gasteiger partial charge in [-0.2, -0.15) is 0 Å². The van der Waals surface area contributed by atoms with Crippen LogP contribution in [0.2, 0.25) is 5.02 Å². The summed E-state index contributed by atoms with van der Waals surface area (Å²) in [5, 5.41) is 10.9. The molecule has 0 saturated carbocycles. The van der Waals surface area contributed by atoms with E-state index in [1.165, 1.54) is 12.1 Å². The molecule has 6 heteroatoms. The minimum atomic E-state index is -0.487. The fourth-order valence-electron chi connectivity index (χ4n) is 1.77. The largest absolute Gasteiger partial charge is 0.461 e. The van der Waals surface area contributed by atoms with Gasteiger partial charge in [-0.3, -0.25) is 10.1 Å². The van der Waals surface area contributed by atoms with E-state index in [4.69, 9.17) is 21.8 Å². The Morgan fingerprint density at radius 2 is 2.16 bits per heavy atom. The SMILES string of the molecule is CC(N)Cc1ccc(-c2ccc([N+](=O)[O-])cc2Cl)o1. The maximum absolute atomic E-state index is 10.6. The Hall–Kier alpha value is -1.85. The van der Waals surface area contributed by atoms with E-state index in [-0.39, 0.29) is 16.8 Å². The van der Waals surface area contributed by atoms with E-state index >= 15 is 0 Å². The number of nitrogens with zero attached hydrogens (tertiary/aromatic N) is 1. The highest BCUT2D eigenvalue weighted by Gasteiger charge is 2.13. The smallest absolute Gasteiger partial charge is 0.270 e. The topological polar surface area (TPSA) is 82.3 Å². The molecule has 100 valence electrons. The van der Waals surface area contributed by atoms with Crippen LogP contribution in [-0.2, 0) is 6.42 Å². The third-order valence-electron chi connectivity index (χ3n) is 2.61. The fourth-order valence-corrected chi connectivity index (χ4v) is 2.04. The van der Waals surface area contributed by atoms with E-state index in [1.54, 1.807) is 12.1 Å². The van der Waals surface area contributed by atoms with Gasteiger partial charge in [-0.25, -0.2) is 0 Å². The highest BCUT2D eigenvalue weighted by molar-refractivity contribution is 6.33. The Bertz CT molecular complexity index is 608. The zero-order chi connectivity index (χ0) is 14.0. The summed E-state index contributed by atoms with van der Waals surface area (Å²) < 4.78 is 5.63. The lowest BCUT2D eigenvalue weighted by Gasteiger charge is -2.02. The summed E-state index contributed by atoms with van der Waals surface area (Å²) in [7, 11) is 0. The molecule has 0 spiro atoms. The predicted molar refractivity (Wildman–Crippen MR) is 73.2 cm³/mol. The Morgan fingerprint density at radius 3 is 2.74 bits per heavy atom. The van der Waals surface area contributed by atoms with Crippen molar-refractivity contribution in [2.75, 3.05) is 0 Å². The number of nitro groups is 1. The van der Waals surface area contributed by atoms with Gasteiger partial charge in [0.2, 0.25) is 0 Å². The first-order valence-electron chi connectivity index (χ1n) is 5.76. The van der Waals surface area contributed by atoms with Crippen LogP contribution in [0.15, 0.2) is 34.7 Å². The maximum atomic E-state index is 10.6. The average Bonchev–Trinajstić information content (AvgIpc) is 2.76. The highest BCUT2D eigenvalue weighted by atomic mass is 35.5. The molecule has 2 N–H and O–H groups in total.